The molecule has 2 unspecified atom stereocenters. The summed E-state index contributed by atoms with van der Waals surface area (Å²) in [6, 6.07) is 21.2. The first-order chi connectivity index (χ1) is 20.7. The first kappa shape index (κ1) is 23.4. The van der Waals surface area contributed by atoms with Crippen LogP contribution in [-0.2, 0) is 10.8 Å². The molecule has 0 aromatic heterocycles. The molecule has 4 heteroatoms. The van der Waals surface area contributed by atoms with Gasteiger partial charge in [0.05, 0.1) is 12.1 Å². The molecule has 2 saturated carbocycles. The van der Waals surface area contributed by atoms with E-state index in [1.165, 1.54) is 50.1 Å². The van der Waals surface area contributed by atoms with Gasteiger partial charge in [0.25, 0.3) is 0 Å². The maximum Gasteiger partial charge on any atom is 0.0681 e. The number of hydrogen-bond donors (Lipinski definition) is 0. The van der Waals surface area contributed by atoms with Crippen LogP contribution in [0.2, 0.25) is 0 Å². The molecule has 4 bridgehead atoms. The predicted molar refractivity (Wildman–Crippen MR) is 169 cm³/mol. The van der Waals surface area contributed by atoms with Gasteiger partial charge in [-0.25, -0.2) is 0 Å². The summed E-state index contributed by atoms with van der Waals surface area (Å²) in [6.07, 6.45) is 15.5. The number of fused-ring (bicyclic) bond motifs is 8. The zero-order valence-electron chi connectivity index (χ0n) is 24.8. The normalized spacial score (nSPS) is 43.5. The molecule has 0 N–H and O–H groups in total. The second-order valence-electron chi connectivity index (χ2n) is 14.8. The minimum absolute atomic E-state index is 0.177. The van der Waals surface area contributed by atoms with Crippen molar-refractivity contribution in [3.8, 4) is 0 Å². The quantitative estimate of drug-likeness (QED) is 0.365. The van der Waals surface area contributed by atoms with E-state index in [9.17, 15) is 0 Å². The number of para-hydroxylation sites is 2. The van der Waals surface area contributed by atoms with Crippen LogP contribution in [0.25, 0.3) is 0 Å². The zero-order chi connectivity index (χ0) is 27.5. The highest BCUT2D eigenvalue weighted by Crippen LogP contribution is 2.67. The van der Waals surface area contributed by atoms with Crippen molar-refractivity contribution in [2.75, 3.05) is 36.0 Å². The van der Waals surface area contributed by atoms with Crippen LogP contribution in [0.15, 0.2) is 95.4 Å². The molecular weight excluding hydrogens is 512 g/mol. The second-order valence-corrected chi connectivity index (χ2v) is 14.8. The van der Waals surface area contributed by atoms with Crippen LogP contribution in [-0.4, -0.2) is 60.1 Å². The Balaban J connectivity index is 1.25. The van der Waals surface area contributed by atoms with Crippen molar-refractivity contribution in [2.24, 2.45) is 11.8 Å². The third kappa shape index (κ3) is 2.33. The topological polar surface area (TPSA) is 13.0 Å². The van der Waals surface area contributed by atoms with Crippen molar-refractivity contribution in [3.05, 3.63) is 107 Å². The molecule has 9 aliphatic rings. The van der Waals surface area contributed by atoms with Crippen molar-refractivity contribution >= 4 is 11.4 Å². The second kappa shape index (κ2) is 7.52. The van der Waals surface area contributed by atoms with Gasteiger partial charge >= 0.3 is 0 Å². The fourth-order valence-corrected chi connectivity index (χ4v) is 12.5. The molecule has 7 aliphatic heterocycles. The summed E-state index contributed by atoms with van der Waals surface area (Å²) in [5.41, 5.74) is 13.3. The van der Waals surface area contributed by atoms with Gasteiger partial charge in [-0.2, -0.15) is 0 Å². The Bertz CT molecular complexity index is 1590. The van der Waals surface area contributed by atoms with E-state index in [0.717, 1.165) is 13.1 Å². The van der Waals surface area contributed by atoms with Gasteiger partial charge < -0.3 is 9.80 Å². The standard InChI is InChI=1S/C38H40N4/c1-3-23-19-39-15-13-37-29-9-5-8-12-32(29)42-22-28-26-18-34-38(14-16-40(34)20-24(26)4-2)30-10-6-7-11-31(30)41(36(28)38)21-27(35(37)42)25(23)17-33(37)39/h3-12,21-22,25-26,33-36H,13-20H2,1-2H3/b23-3-,24-4-,27-21?,28-22?/t25-,26-,33-,34-,35-,36-,37?,38?/m0/s1. The Kier molecular flexibility index (Phi) is 4.19. The molecule has 2 spiro atoms. The lowest BCUT2D eigenvalue weighted by Gasteiger charge is -2.57. The molecule has 2 aromatic carbocycles. The fraction of sp³-hybridized carbons (Fsp3) is 0.474. The summed E-state index contributed by atoms with van der Waals surface area (Å²) in [7, 11) is 0. The van der Waals surface area contributed by atoms with Crippen LogP contribution in [0.1, 0.15) is 50.7 Å². The minimum atomic E-state index is 0.177. The van der Waals surface area contributed by atoms with E-state index in [-0.39, 0.29) is 10.8 Å². The molecule has 42 heavy (non-hydrogen) atoms. The molecule has 212 valence electrons. The van der Waals surface area contributed by atoms with Gasteiger partial charge in [0.1, 0.15) is 0 Å². The molecule has 4 saturated heterocycles. The third-order valence-electron chi connectivity index (χ3n) is 13.9. The number of piperidine rings is 2. The van der Waals surface area contributed by atoms with Crippen LogP contribution in [0.4, 0.5) is 11.4 Å². The largest absolute Gasteiger partial charge is 0.339 e. The summed E-state index contributed by atoms with van der Waals surface area (Å²) in [4.78, 5) is 11.4. The smallest absolute Gasteiger partial charge is 0.0681 e. The van der Waals surface area contributed by atoms with E-state index in [1.807, 2.05) is 0 Å². The van der Waals surface area contributed by atoms with E-state index in [0.29, 0.717) is 36.0 Å². The molecule has 4 nitrogen and oxygen atoms in total. The van der Waals surface area contributed by atoms with E-state index in [2.05, 4.69) is 107 Å². The summed E-state index contributed by atoms with van der Waals surface area (Å²) >= 11 is 0. The van der Waals surface area contributed by atoms with Crippen molar-refractivity contribution in [1.82, 2.24) is 9.80 Å². The summed E-state index contributed by atoms with van der Waals surface area (Å²) < 4.78 is 0. The molecule has 2 aliphatic carbocycles. The Labute approximate surface area is 249 Å². The molecule has 2 aromatic rings. The number of benzene rings is 2. The van der Waals surface area contributed by atoms with E-state index < -0.39 is 0 Å². The summed E-state index contributed by atoms with van der Waals surface area (Å²) in [5.74, 6) is 1.08. The van der Waals surface area contributed by atoms with Gasteiger partial charge in [-0.15, -0.1) is 0 Å². The van der Waals surface area contributed by atoms with E-state index in [4.69, 9.17) is 0 Å². The molecular formula is C38H40N4. The highest BCUT2D eigenvalue weighted by Gasteiger charge is 2.69. The summed E-state index contributed by atoms with van der Waals surface area (Å²) in [5, 5.41) is 0. The zero-order valence-corrected chi connectivity index (χ0v) is 24.8. The lowest BCUT2D eigenvalue weighted by molar-refractivity contribution is 0.122. The summed E-state index contributed by atoms with van der Waals surface area (Å²) in [6.45, 7) is 9.33. The first-order valence-electron chi connectivity index (χ1n) is 16.7. The SMILES string of the molecule is C/C=C1/CN2CCC34c5ccccc5N5C=C6[C@H]7C[C@@H]8N(CCC89c8ccccc8N(C=C([C@H]1C[C@H]23)[C@H]54)[C@@H]69)C/C7=C/C. The number of rotatable bonds is 0. The van der Waals surface area contributed by atoms with Crippen LogP contribution in [0.5, 0.6) is 0 Å². The Hall–Kier alpha value is -3.08. The maximum atomic E-state index is 2.86. The highest BCUT2D eigenvalue weighted by atomic mass is 15.3. The number of nitrogens with zero attached hydrogens (tertiary/aromatic N) is 4. The van der Waals surface area contributed by atoms with Gasteiger partial charge in [0.15, 0.2) is 0 Å². The molecule has 0 radical (unpaired) electrons. The van der Waals surface area contributed by atoms with Crippen molar-refractivity contribution in [1.29, 1.82) is 0 Å². The van der Waals surface area contributed by atoms with Gasteiger partial charge in [0, 0.05) is 71.6 Å². The average molecular weight is 553 g/mol. The molecule has 0 amide bonds. The van der Waals surface area contributed by atoms with Gasteiger partial charge in [0.2, 0.25) is 0 Å². The average Bonchev–Trinajstić information content (AvgIpc) is 3.75. The molecule has 8 atom stereocenters. The lowest BCUT2D eigenvalue weighted by Crippen LogP contribution is -2.63. The van der Waals surface area contributed by atoms with Gasteiger partial charge in [-0.3, -0.25) is 9.80 Å². The van der Waals surface area contributed by atoms with Crippen LogP contribution in [0.3, 0.4) is 0 Å². The van der Waals surface area contributed by atoms with Crippen LogP contribution >= 0.6 is 0 Å². The Morgan fingerprint density at radius 3 is 1.55 bits per heavy atom. The molecule has 11 rings (SSSR count). The van der Waals surface area contributed by atoms with Crippen molar-refractivity contribution in [2.45, 2.75) is 74.5 Å². The number of hydrogen-bond acceptors (Lipinski definition) is 4. The van der Waals surface area contributed by atoms with E-state index in [1.54, 1.807) is 33.4 Å². The van der Waals surface area contributed by atoms with Crippen LogP contribution in [0, 0.1) is 11.8 Å². The van der Waals surface area contributed by atoms with E-state index >= 15 is 0 Å². The van der Waals surface area contributed by atoms with Crippen LogP contribution < -0.4 is 9.80 Å². The van der Waals surface area contributed by atoms with Crippen molar-refractivity contribution < 1.29 is 0 Å². The molecule has 6 fully saturated rings. The highest BCUT2D eigenvalue weighted by molar-refractivity contribution is 5.77. The van der Waals surface area contributed by atoms with Gasteiger partial charge in [-0.1, -0.05) is 59.7 Å². The third-order valence-corrected chi connectivity index (χ3v) is 13.9. The minimum Gasteiger partial charge on any atom is -0.339 e. The number of anilines is 2. The first-order valence-corrected chi connectivity index (χ1v) is 16.7. The van der Waals surface area contributed by atoms with Crippen molar-refractivity contribution in [3.63, 3.8) is 0 Å². The molecule has 7 heterocycles. The Morgan fingerprint density at radius 1 is 0.643 bits per heavy atom. The monoisotopic (exact) mass is 552 g/mol. The lowest BCUT2D eigenvalue weighted by atomic mass is 9.56. The fourth-order valence-electron chi connectivity index (χ4n) is 12.5. The van der Waals surface area contributed by atoms with Gasteiger partial charge in [-0.05, 0) is 87.0 Å². The Morgan fingerprint density at radius 2 is 1.10 bits per heavy atom. The maximum absolute atomic E-state index is 2.86. The number of allylic oxidation sites excluding steroid dienone is 2. The predicted octanol–water partition coefficient (Wildman–Crippen LogP) is 6.13.